The molecule has 2 heterocycles. The first kappa shape index (κ1) is 25.0. The number of fused-ring (bicyclic) bond motifs is 3. The van der Waals surface area contributed by atoms with E-state index in [0.717, 1.165) is 61.1 Å². The molecule has 0 N–H and O–H groups in total. The van der Waals surface area contributed by atoms with Crippen LogP contribution in [0.4, 0.5) is 0 Å². The Balaban J connectivity index is 1.17. The Morgan fingerprint density at radius 2 is 0.791 bits per heavy atom. The van der Waals surface area contributed by atoms with Crippen LogP contribution < -0.4 is 0 Å². The van der Waals surface area contributed by atoms with Crippen molar-refractivity contribution in [1.82, 2.24) is 9.97 Å². The van der Waals surface area contributed by atoms with Crippen LogP contribution in [0.1, 0.15) is 0 Å². The number of nitrogens with zero attached hydrogens (tertiary/aromatic N) is 2. The maximum Gasteiger partial charge on any atom is 0.160 e. The van der Waals surface area contributed by atoms with Gasteiger partial charge in [-0.3, -0.25) is 0 Å². The number of hydrogen-bond donors (Lipinski definition) is 0. The molecule has 0 aliphatic carbocycles. The average molecular weight is 551 g/mol. The molecule has 0 saturated carbocycles. The zero-order valence-corrected chi connectivity index (χ0v) is 23.3. The first-order valence-electron chi connectivity index (χ1n) is 14.4. The van der Waals surface area contributed by atoms with Crippen LogP contribution in [0.2, 0.25) is 0 Å². The van der Waals surface area contributed by atoms with Crippen molar-refractivity contribution in [2.45, 2.75) is 0 Å². The van der Waals surface area contributed by atoms with E-state index in [-0.39, 0.29) is 0 Å². The summed E-state index contributed by atoms with van der Waals surface area (Å²) >= 11 is 0. The lowest BCUT2D eigenvalue weighted by atomic mass is 10.00. The van der Waals surface area contributed by atoms with E-state index >= 15 is 0 Å². The highest BCUT2D eigenvalue weighted by molar-refractivity contribution is 6.05. The van der Waals surface area contributed by atoms with Crippen molar-refractivity contribution in [1.29, 1.82) is 0 Å². The van der Waals surface area contributed by atoms with Gasteiger partial charge in [0.15, 0.2) is 5.82 Å². The van der Waals surface area contributed by atoms with Gasteiger partial charge in [-0.2, -0.15) is 0 Å². The van der Waals surface area contributed by atoms with Gasteiger partial charge in [0.25, 0.3) is 0 Å². The van der Waals surface area contributed by atoms with Gasteiger partial charge in [0.2, 0.25) is 0 Å². The Bertz CT molecular complexity index is 2200. The number of hydrogen-bond acceptors (Lipinski definition) is 3. The van der Waals surface area contributed by atoms with Crippen LogP contribution in [0.15, 0.2) is 162 Å². The summed E-state index contributed by atoms with van der Waals surface area (Å²) in [5.41, 5.74) is 11.3. The fraction of sp³-hybridized carbons (Fsp3) is 0. The maximum absolute atomic E-state index is 6.13. The predicted molar refractivity (Wildman–Crippen MR) is 176 cm³/mol. The maximum atomic E-state index is 6.13. The number of aromatic nitrogens is 2. The summed E-state index contributed by atoms with van der Waals surface area (Å²) in [5, 5.41) is 2.28. The van der Waals surface area contributed by atoms with Crippen LogP contribution >= 0.6 is 0 Å². The molecule has 0 amide bonds. The third-order valence-corrected chi connectivity index (χ3v) is 7.94. The van der Waals surface area contributed by atoms with Crippen LogP contribution in [0, 0.1) is 0 Å². The molecule has 8 rings (SSSR count). The summed E-state index contributed by atoms with van der Waals surface area (Å²) in [7, 11) is 0. The second-order valence-corrected chi connectivity index (χ2v) is 10.7. The topological polar surface area (TPSA) is 38.9 Å². The van der Waals surface area contributed by atoms with Gasteiger partial charge < -0.3 is 4.42 Å². The summed E-state index contributed by atoms with van der Waals surface area (Å²) in [6.07, 6.45) is 0. The van der Waals surface area contributed by atoms with Crippen LogP contribution in [0.5, 0.6) is 0 Å². The Hall–Kier alpha value is -5.80. The molecule has 8 aromatic rings. The number of rotatable bonds is 5. The minimum absolute atomic E-state index is 0.708. The van der Waals surface area contributed by atoms with Crippen molar-refractivity contribution < 1.29 is 4.42 Å². The Labute approximate surface area is 249 Å². The standard InChI is InChI=1S/C40H26N2O/c1-3-9-27(10-4-1)28-15-19-30(20-16-28)36-26-37(42-40(41-36)32-11-5-2-6-12-32)31-21-17-29(18-22-31)33-23-24-35-34-13-7-8-14-38(34)43-39(35)25-33/h1-26H. The van der Waals surface area contributed by atoms with Gasteiger partial charge in [-0.1, -0.05) is 133 Å². The zero-order chi connectivity index (χ0) is 28.6. The number of benzene rings is 6. The van der Waals surface area contributed by atoms with Gasteiger partial charge >= 0.3 is 0 Å². The second-order valence-electron chi connectivity index (χ2n) is 10.7. The molecule has 0 spiro atoms. The monoisotopic (exact) mass is 550 g/mol. The first-order chi connectivity index (χ1) is 21.3. The molecular weight excluding hydrogens is 524 g/mol. The van der Waals surface area contributed by atoms with Gasteiger partial charge in [0.05, 0.1) is 11.4 Å². The molecule has 0 fully saturated rings. The van der Waals surface area contributed by atoms with E-state index in [0.29, 0.717) is 5.82 Å². The Morgan fingerprint density at radius 1 is 0.326 bits per heavy atom. The molecule has 0 atom stereocenters. The van der Waals surface area contributed by atoms with Crippen LogP contribution in [-0.2, 0) is 0 Å². The molecule has 3 nitrogen and oxygen atoms in total. The highest BCUT2D eigenvalue weighted by atomic mass is 16.3. The highest BCUT2D eigenvalue weighted by Crippen LogP contribution is 2.34. The molecule has 0 bridgehead atoms. The molecule has 0 saturated heterocycles. The van der Waals surface area contributed by atoms with E-state index in [1.54, 1.807) is 0 Å². The van der Waals surface area contributed by atoms with Gasteiger partial charge in [-0.05, 0) is 46.5 Å². The molecule has 0 unspecified atom stereocenters. The fourth-order valence-electron chi connectivity index (χ4n) is 5.66. The Kier molecular flexibility index (Phi) is 6.12. The van der Waals surface area contributed by atoms with Gasteiger partial charge in [-0.25, -0.2) is 9.97 Å². The molecule has 2 aromatic heterocycles. The fourth-order valence-corrected chi connectivity index (χ4v) is 5.66. The third kappa shape index (κ3) is 4.77. The molecule has 202 valence electrons. The summed E-state index contributed by atoms with van der Waals surface area (Å²) < 4.78 is 6.13. The third-order valence-electron chi connectivity index (χ3n) is 7.94. The molecule has 0 aliphatic rings. The smallest absolute Gasteiger partial charge is 0.160 e. The van der Waals surface area contributed by atoms with Gasteiger partial charge in [0, 0.05) is 27.5 Å². The van der Waals surface area contributed by atoms with E-state index in [1.807, 2.05) is 42.5 Å². The van der Waals surface area contributed by atoms with E-state index < -0.39 is 0 Å². The predicted octanol–water partition coefficient (Wildman–Crippen LogP) is 10.7. The number of furan rings is 1. The van der Waals surface area contributed by atoms with Crippen LogP contribution in [0.3, 0.4) is 0 Å². The van der Waals surface area contributed by atoms with E-state index in [2.05, 4.69) is 115 Å². The summed E-state index contributed by atoms with van der Waals surface area (Å²) in [6, 6.07) is 54.4. The molecule has 43 heavy (non-hydrogen) atoms. The minimum Gasteiger partial charge on any atom is -0.456 e. The molecular formula is C40H26N2O. The van der Waals surface area contributed by atoms with Crippen molar-refractivity contribution in [3.05, 3.63) is 158 Å². The van der Waals surface area contributed by atoms with Gasteiger partial charge in [-0.15, -0.1) is 0 Å². The first-order valence-corrected chi connectivity index (χ1v) is 14.4. The number of para-hydroxylation sites is 1. The lowest BCUT2D eigenvalue weighted by Crippen LogP contribution is -1.96. The van der Waals surface area contributed by atoms with E-state index in [9.17, 15) is 0 Å². The SMILES string of the molecule is c1ccc(-c2ccc(-c3cc(-c4ccc(-c5ccc6c(c5)oc5ccccc56)cc4)nc(-c4ccccc4)n3)cc2)cc1. The molecule has 0 radical (unpaired) electrons. The van der Waals surface area contributed by atoms with Crippen LogP contribution in [0.25, 0.3) is 78.1 Å². The van der Waals surface area contributed by atoms with E-state index in [4.69, 9.17) is 14.4 Å². The summed E-state index contributed by atoms with van der Waals surface area (Å²) in [4.78, 5) is 10.00. The van der Waals surface area contributed by atoms with Crippen LogP contribution in [-0.4, -0.2) is 9.97 Å². The highest BCUT2D eigenvalue weighted by Gasteiger charge is 2.12. The quantitative estimate of drug-likeness (QED) is 0.214. The Morgan fingerprint density at radius 3 is 1.44 bits per heavy atom. The van der Waals surface area contributed by atoms with Gasteiger partial charge in [0.1, 0.15) is 11.2 Å². The minimum atomic E-state index is 0.708. The van der Waals surface area contributed by atoms with Crippen molar-refractivity contribution in [2.75, 3.05) is 0 Å². The van der Waals surface area contributed by atoms with E-state index in [1.165, 1.54) is 11.1 Å². The molecule has 3 heteroatoms. The average Bonchev–Trinajstić information content (AvgIpc) is 3.47. The second kappa shape index (κ2) is 10.6. The lowest BCUT2D eigenvalue weighted by molar-refractivity contribution is 0.669. The van der Waals surface area contributed by atoms with Crippen molar-refractivity contribution in [3.63, 3.8) is 0 Å². The van der Waals surface area contributed by atoms with Crippen molar-refractivity contribution in [2.24, 2.45) is 0 Å². The largest absolute Gasteiger partial charge is 0.456 e. The zero-order valence-electron chi connectivity index (χ0n) is 23.3. The van der Waals surface area contributed by atoms with Crippen molar-refractivity contribution >= 4 is 21.9 Å². The summed E-state index contributed by atoms with van der Waals surface area (Å²) in [6.45, 7) is 0. The van der Waals surface area contributed by atoms with Crippen molar-refractivity contribution in [3.8, 4) is 56.2 Å². The lowest BCUT2D eigenvalue weighted by Gasteiger charge is -2.11. The molecule has 0 aliphatic heterocycles. The molecule has 6 aromatic carbocycles. The normalized spacial score (nSPS) is 11.3. The summed E-state index contributed by atoms with van der Waals surface area (Å²) in [5.74, 6) is 0.708.